The largest absolute Gasteiger partial charge is 0.472 e. The van der Waals surface area contributed by atoms with Gasteiger partial charge in [0.05, 0.1) is 19.8 Å². The number of carbonyl (C=O) groups is 1. The Labute approximate surface area is 325 Å². The van der Waals surface area contributed by atoms with Gasteiger partial charge in [0.1, 0.15) is 6.10 Å². The van der Waals surface area contributed by atoms with E-state index in [4.69, 9.17) is 24.3 Å². The molecular weight excluding hydrogens is 685 g/mol. The third-order valence-corrected chi connectivity index (χ3v) is 9.39. The van der Waals surface area contributed by atoms with Crippen molar-refractivity contribution < 1.29 is 32.8 Å². The zero-order valence-corrected chi connectivity index (χ0v) is 34.6. The third-order valence-electron chi connectivity index (χ3n) is 8.40. The van der Waals surface area contributed by atoms with E-state index in [-0.39, 0.29) is 32.8 Å². The molecule has 0 aromatic heterocycles. The molecule has 0 rings (SSSR count). The van der Waals surface area contributed by atoms with Gasteiger partial charge in [0.15, 0.2) is 0 Å². The van der Waals surface area contributed by atoms with E-state index in [1.807, 2.05) is 12.2 Å². The lowest BCUT2D eigenvalue weighted by Gasteiger charge is -2.20. The van der Waals surface area contributed by atoms with E-state index in [9.17, 15) is 14.3 Å². The van der Waals surface area contributed by atoms with E-state index in [0.717, 1.165) is 51.4 Å². The summed E-state index contributed by atoms with van der Waals surface area (Å²) in [5.41, 5.74) is 5.36. The molecule has 0 aliphatic heterocycles. The first-order valence-corrected chi connectivity index (χ1v) is 22.4. The Morgan fingerprint density at radius 2 is 1.02 bits per heavy atom. The molecular formula is C44H78NO7P. The van der Waals surface area contributed by atoms with Gasteiger partial charge in [-0.15, -0.1) is 0 Å². The van der Waals surface area contributed by atoms with Gasteiger partial charge in [-0.3, -0.25) is 13.8 Å². The molecule has 0 bridgehead atoms. The van der Waals surface area contributed by atoms with Crippen LogP contribution in [0.25, 0.3) is 0 Å². The fourth-order valence-corrected chi connectivity index (χ4v) is 6.14. The number of phosphoric ester groups is 1. The number of nitrogens with two attached hydrogens (primary N) is 1. The molecule has 0 saturated carbocycles. The van der Waals surface area contributed by atoms with Gasteiger partial charge in [-0.25, -0.2) is 4.57 Å². The lowest BCUT2D eigenvalue weighted by atomic mass is 10.0. The topological polar surface area (TPSA) is 117 Å². The summed E-state index contributed by atoms with van der Waals surface area (Å²) in [6, 6.07) is 0. The van der Waals surface area contributed by atoms with Crippen LogP contribution in [0, 0.1) is 0 Å². The van der Waals surface area contributed by atoms with Crippen molar-refractivity contribution in [3.05, 3.63) is 72.9 Å². The second kappa shape index (κ2) is 41.1. The molecule has 0 aromatic rings. The van der Waals surface area contributed by atoms with Crippen LogP contribution in [-0.4, -0.2) is 49.9 Å². The Morgan fingerprint density at radius 3 is 1.47 bits per heavy atom. The van der Waals surface area contributed by atoms with Crippen molar-refractivity contribution in [2.24, 2.45) is 5.73 Å². The first-order valence-electron chi connectivity index (χ1n) is 20.9. The lowest BCUT2D eigenvalue weighted by Crippen LogP contribution is -2.28. The van der Waals surface area contributed by atoms with Crippen molar-refractivity contribution >= 4 is 13.8 Å². The molecule has 0 fully saturated rings. The van der Waals surface area contributed by atoms with E-state index in [0.29, 0.717) is 13.0 Å². The van der Waals surface area contributed by atoms with Crippen LogP contribution in [0.15, 0.2) is 72.9 Å². The summed E-state index contributed by atoms with van der Waals surface area (Å²) in [5, 5.41) is 0. The van der Waals surface area contributed by atoms with Crippen molar-refractivity contribution in [3.8, 4) is 0 Å². The normalized spacial score (nSPS) is 14.3. The third kappa shape index (κ3) is 41.0. The molecule has 0 aliphatic rings. The summed E-state index contributed by atoms with van der Waals surface area (Å²) in [7, 11) is -4.30. The van der Waals surface area contributed by atoms with Gasteiger partial charge in [-0.1, -0.05) is 177 Å². The van der Waals surface area contributed by atoms with Crippen LogP contribution in [0.4, 0.5) is 0 Å². The summed E-state index contributed by atoms with van der Waals surface area (Å²) in [4.78, 5) is 22.4. The van der Waals surface area contributed by atoms with Crippen molar-refractivity contribution in [2.45, 2.75) is 168 Å². The maximum absolute atomic E-state index is 12.5. The monoisotopic (exact) mass is 764 g/mol. The van der Waals surface area contributed by atoms with E-state index < -0.39 is 19.9 Å². The number of allylic oxidation sites excluding steroid dienone is 12. The quantitative estimate of drug-likeness (QED) is 0.0275. The van der Waals surface area contributed by atoms with Crippen LogP contribution in [-0.2, 0) is 27.9 Å². The Kier molecular flexibility index (Phi) is 39.5. The maximum atomic E-state index is 12.5. The van der Waals surface area contributed by atoms with Gasteiger partial charge in [-0.05, 0) is 51.4 Å². The summed E-state index contributed by atoms with van der Waals surface area (Å²) < 4.78 is 33.3. The molecule has 53 heavy (non-hydrogen) atoms. The van der Waals surface area contributed by atoms with Crippen LogP contribution >= 0.6 is 7.82 Å². The average molecular weight is 764 g/mol. The molecule has 0 saturated heterocycles. The molecule has 3 N–H and O–H groups in total. The fraction of sp³-hybridized carbons (Fsp3) is 0.705. The number of hydrogen-bond acceptors (Lipinski definition) is 7. The molecule has 0 radical (unpaired) electrons. The Morgan fingerprint density at radius 1 is 0.585 bits per heavy atom. The number of rotatable bonds is 39. The Balaban J connectivity index is 4.19. The van der Waals surface area contributed by atoms with E-state index in [2.05, 4.69) is 74.6 Å². The molecule has 9 heteroatoms. The average Bonchev–Trinajstić information content (AvgIpc) is 3.15. The number of carbonyl (C=O) groups excluding carboxylic acids is 1. The predicted octanol–water partition coefficient (Wildman–Crippen LogP) is 12.4. The molecule has 8 nitrogen and oxygen atoms in total. The van der Waals surface area contributed by atoms with Crippen molar-refractivity contribution in [1.29, 1.82) is 0 Å². The van der Waals surface area contributed by atoms with Gasteiger partial charge in [0.25, 0.3) is 0 Å². The van der Waals surface area contributed by atoms with Crippen LogP contribution in [0.2, 0.25) is 0 Å². The minimum absolute atomic E-state index is 0.0845. The zero-order chi connectivity index (χ0) is 38.8. The lowest BCUT2D eigenvalue weighted by molar-refractivity contribution is -0.154. The van der Waals surface area contributed by atoms with Crippen molar-refractivity contribution in [1.82, 2.24) is 0 Å². The molecule has 0 amide bonds. The highest BCUT2D eigenvalue weighted by Gasteiger charge is 2.25. The molecule has 0 spiro atoms. The van der Waals surface area contributed by atoms with Gasteiger partial charge in [0, 0.05) is 19.6 Å². The Bertz CT molecular complexity index is 1040. The highest BCUT2D eigenvalue weighted by molar-refractivity contribution is 7.47. The van der Waals surface area contributed by atoms with Crippen molar-refractivity contribution in [3.63, 3.8) is 0 Å². The van der Waals surface area contributed by atoms with E-state index >= 15 is 0 Å². The van der Waals surface area contributed by atoms with Crippen molar-refractivity contribution in [2.75, 3.05) is 33.0 Å². The molecule has 0 aliphatic carbocycles. The number of phosphoric acid groups is 1. The van der Waals surface area contributed by atoms with Crippen LogP contribution < -0.4 is 5.73 Å². The summed E-state index contributed by atoms with van der Waals surface area (Å²) in [6.45, 7) is 4.70. The van der Waals surface area contributed by atoms with Gasteiger partial charge >= 0.3 is 13.8 Å². The minimum atomic E-state index is -4.30. The van der Waals surface area contributed by atoms with Gasteiger partial charge in [0.2, 0.25) is 0 Å². The Hall–Kier alpha value is -2.06. The zero-order valence-electron chi connectivity index (χ0n) is 33.7. The first-order chi connectivity index (χ1) is 25.9. The molecule has 0 aromatic carbocycles. The fourth-order valence-electron chi connectivity index (χ4n) is 5.37. The molecule has 2 atom stereocenters. The predicted molar refractivity (Wildman–Crippen MR) is 224 cm³/mol. The molecule has 306 valence electrons. The standard InChI is InChI=1S/C44H78NO7P/c1-3-5-7-9-11-13-15-17-19-20-21-22-23-25-27-29-31-33-35-37-44(46)52-43(42-51-53(47,48)50-40-38-45)41-49-39-36-34-32-30-28-26-24-18-16-14-12-10-8-6-4-2/h5,7,11,13,17,19,21-22,25,27,31,33,43H,3-4,6,8-10,12,14-16,18,20,23-24,26,28-30,32,34-42,45H2,1-2H3,(H,47,48)/b7-5-,13-11-,19-17-,22-21-,27-25-,33-31-. The number of unbranched alkanes of at least 4 members (excludes halogenated alkanes) is 14. The van der Waals surface area contributed by atoms with Crippen LogP contribution in [0.5, 0.6) is 0 Å². The highest BCUT2D eigenvalue weighted by atomic mass is 31.2. The minimum Gasteiger partial charge on any atom is -0.457 e. The second-order valence-corrected chi connectivity index (χ2v) is 14.9. The number of esters is 1. The highest BCUT2D eigenvalue weighted by Crippen LogP contribution is 2.43. The van der Waals surface area contributed by atoms with Gasteiger partial charge < -0.3 is 20.1 Å². The molecule has 0 heterocycles. The van der Waals surface area contributed by atoms with E-state index in [1.165, 1.54) is 83.5 Å². The summed E-state index contributed by atoms with van der Waals surface area (Å²) >= 11 is 0. The summed E-state index contributed by atoms with van der Waals surface area (Å²) in [6.07, 6.45) is 50.7. The SMILES string of the molecule is CC/C=C\C/C=C\C/C=C\C/C=C\C/C=C\C/C=C\CCC(=O)OC(COCCCCCCCCCCCCCCCCC)COP(=O)(O)OCCN. The van der Waals surface area contributed by atoms with Gasteiger partial charge in [-0.2, -0.15) is 0 Å². The van der Waals surface area contributed by atoms with Crippen LogP contribution in [0.1, 0.15) is 162 Å². The second-order valence-electron chi connectivity index (χ2n) is 13.5. The number of ether oxygens (including phenoxy) is 2. The summed E-state index contributed by atoms with van der Waals surface area (Å²) in [5.74, 6) is -0.413. The molecule has 2 unspecified atom stereocenters. The van der Waals surface area contributed by atoms with E-state index in [1.54, 1.807) is 0 Å². The smallest absolute Gasteiger partial charge is 0.457 e. The first kappa shape index (κ1) is 50.9. The number of hydrogen-bond donors (Lipinski definition) is 2. The maximum Gasteiger partial charge on any atom is 0.472 e. The van der Waals surface area contributed by atoms with Crippen LogP contribution in [0.3, 0.4) is 0 Å².